The van der Waals surface area contributed by atoms with Gasteiger partial charge in [-0.25, -0.2) is 4.98 Å². The van der Waals surface area contributed by atoms with E-state index < -0.39 is 0 Å². The van der Waals surface area contributed by atoms with Crippen molar-refractivity contribution in [1.82, 2.24) is 14.5 Å². The summed E-state index contributed by atoms with van der Waals surface area (Å²) in [6, 6.07) is 6.17. The number of imidazole rings is 1. The molecule has 0 aliphatic carbocycles. The maximum Gasteiger partial charge on any atom is 0.144 e. The maximum absolute atomic E-state index is 5.39. The second kappa shape index (κ2) is 6.36. The average Bonchev–Trinajstić information content (AvgIpc) is 3.02. The van der Waals surface area contributed by atoms with E-state index in [4.69, 9.17) is 4.74 Å². The third kappa shape index (κ3) is 3.16. The number of ether oxygens (including phenoxy) is 1. The molecule has 0 saturated heterocycles. The van der Waals surface area contributed by atoms with E-state index in [1.54, 1.807) is 7.11 Å². The predicted molar refractivity (Wildman–Crippen MR) is 102 cm³/mol. The van der Waals surface area contributed by atoms with Gasteiger partial charge >= 0.3 is 0 Å². The third-order valence-electron chi connectivity index (χ3n) is 4.45. The molecular formula is C21H25N3O. The third-order valence-corrected chi connectivity index (χ3v) is 4.45. The van der Waals surface area contributed by atoms with Gasteiger partial charge in [0, 0.05) is 30.4 Å². The van der Waals surface area contributed by atoms with Crippen LogP contribution >= 0.6 is 0 Å². The van der Waals surface area contributed by atoms with E-state index in [9.17, 15) is 0 Å². The van der Waals surface area contributed by atoms with Crippen molar-refractivity contribution in [2.75, 3.05) is 7.11 Å². The van der Waals surface area contributed by atoms with Crippen molar-refractivity contribution in [3.63, 3.8) is 0 Å². The number of aromatic nitrogens is 3. The summed E-state index contributed by atoms with van der Waals surface area (Å²) in [6.07, 6.45) is 7.65. The summed E-state index contributed by atoms with van der Waals surface area (Å²) >= 11 is 0. The van der Waals surface area contributed by atoms with Crippen LogP contribution in [0.3, 0.4) is 0 Å². The van der Waals surface area contributed by atoms with Crippen molar-refractivity contribution in [3.8, 4) is 22.8 Å². The Bertz CT molecular complexity index is 880. The molecule has 0 aliphatic heterocycles. The van der Waals surface area contributed by atoms with Crippen LogP contribution in [0.25, 0.3) is 17.1 Å². The highest BCUT2D eigenvalue weighted by molar-refractivity contribution is 5.66. The second-order valence-electron chi connectivity index (χ2n) is 7.40. The molecule has 0 fully saturated rings. The molecule has 3 rings (SSSR count). The van der Waals surface area contributed by atoms with Crippen molar-refractivity contribution in [2.24, 2.45) is 0 Å². The van der Waals surface area contributed by atoms with Crippen molar-refractivity contribution < 1.29 is 4.74 Å². The van der Waals surface area contributed by atoms with Crippen LogP contribution in [0.15, 0.2) is 43.0 Å². The lowest BCUT2D eigenvalue weighted by Crippen LogP contribution is -2.14. The molecule has 1 aromatic carbocycles. The molecule has 0 radical (unpaired) electrons. The summed E-state index contributed by atoms with van der Waals surface area (Å²) in [5.41, 5.74) is 5.74. The van der Waals surface area contributed by atoms with E-state index in [2.05, 4.69) is 61.3 Å². The molecule has 0 N–H and O–H groups in total. The molecule has 0 saturated carbocycles. The molecular weight excluding hydrogens is 310 g/mol. The first-order valence-electron chi connectivity index (χ1n) is 8.46. The summed E-state index contributed by atoms with van der Waals surface area (Å²) in [6.45, 7) is 10.8. The Morgan fingerprint density at radius 1 is 1.04 bits per heavy atom. The first-order valence-corrected chi connectivity index (χ1v) is 8.46. The van der Waals surface area contributed by atoms with Gasteiger partial charge in [-0.1, -0.05) is 20.8 Å². The van der Waals surface area contributed by atoms with Crippen molar-refractivity contribution in [3.05, 3.63) is 59.7 Å². The number of hydrogen-bond acceptors (Lipinski definition) is 3. The first-order chi connectivity index (χ1) is 11.8. The highest BCUT2D eigenvalue weighted by Crippen LogP contribution is 2.34. The molecule has 2 heterocycles. The lowest BCUT2D eigenvalue weighted by molar-refractivity contribution is 0.414. The van der Waals surface area contributed by atoms with Gasteiger partial charge in [-0.15, -0.1) is 0 Å². The Morgan fingerprint density at radius 2 is 1.72 bits per heavy atom. The Labute approximate surface area is 149 Å². The molecule has 4 nitrogen and oxygen atoms in total. The highest BCUT2D eigenvalue weighted by Gasteiger charge is 2.22. The molecule has 25 heavy (non-hydrogen) atoms. The van der Waals surface area contributed by atoms with Crippen LogP contribution < -0.4 is 4.74 Å². The molecule has 2 aromatic heterocycles. The zero-order chi connectivity index (χ0) is 18.2. The van der Waals surface area contributed by atoms with Gasteiger partial charge in [0.15, 0.2) is 0 Å². The largest absolute Gasteiger partial charge is 0.497 e. The average molecular weight is 335 g/mol. The Morgan fingerprint density at radius 3 is 2.32 bits per heavy atom. The molecule has 3 aromatic rings. The monoisotopic (exact) mass is 335 g/mol. The standard InChI is InChI=1S/C21H25N3O/c1-14-11-16(25-6)12-15(2)19(14)24-10-9-23-20(24)17-7-8-22-13-18(17)21(3,4)5/h7-13H,1-6H3. The highest BCUT2D eigenvalue weighted by atomic mass is 16.5. The molecule has 0 unspecified atom stereocenters. The van der Waals surface area contributed by atoms with Gasteiger partial charge in [0.2, 0.25) is 0 Å². The van der Waals surface area contributed by atoms with Gasteiger partial charge in [0.1, 0.15) is 11.6 Å². The second-order valence-corrected chi connectivity index (χ2v) is 7.40. The van der Waals surface area contributed by atoms with Gasteiger partial charge in [-0.05, 0) is 54.2 Å². The van der Waals surface area contributed by atoms with Crippen molar-refractivity contribution >= 4 is 0 Å². The van der Waals surface area contributed by atoms with Crippen LogP contribution in [-0.4, -0.2) is 21.6 Å². The van der Waals surface area contributed by atoms with Crippen molar-refractivity contribution in [1.29, 1.82) is 0 Å². The zero-order valence-corrected chi connectivity index (χ0v) is 15.8. The van der Waals surface area contributed by atoms with E-state index >= 15 is 0 Å². The van der Waals surface area contributed by atoms with Gasteiger partial charge in [0.05, 0.1) is 12.8 Å². The first kappa shape index (κ1) is 17.2. The lowest BCUT2D eigenvalue weighted by atomic mass is 9.85. The van der Waals surface area contributed by atoms with E-state index in [-0.39, 0.29) is 5.41 Å². The van der Waals surface area contributed by atoms with Gasteiger partial charge in [0.25, 0.3) is 0 Å². The summed E-state index contributed by atoms with van der Waals surface area (Å²) in [4.78, 5) is 8.99. The number of aryl methyl sites for hydroxylation is 2. The zero-order valence-electron chi connectivity index (χ0n) is 15.8. The molecule has 0 bridgehead atoms. The topological polar surface area (TPSA) is 39.9 Å². The SMILES string of the molecule is COc1cc(C)c(-n2ccnc2-c2ccncc2C(C)(C)C)c(C)c1. The normalized spacial score (nSPS) is 11.6. The van der Waals surface area contributed by atoms with Crippen LogP contribution in [0.4, 0.5) is 0 Å². The van der Waals surface area contributed by atoms with Crippen LogP contribution in [-0.2, 0) is 5.41 Å². The van der Waals surface area contributed by atoms with Gasteiger partial charge in [-0.2, -0.15) is 0 Å². The quantitative estimate of drug-likeness (QED) is 0.686. The minimum atomic E-state index is -0.00955. The lowest BCUT2D eigenvalue weighted by Gasteiger charge is -2.23. The number of methoxy groups -OCH3 is 1. The van der Waals surface area contributed by atoms with E-state index in [0.717, 1.165) is 34.0 Å². The molecule has 4 heteroatoms. The smallest absolute Gasteiger partial charge is 0.144 e. The molecule has 130 valence electrons. The fraction of sp³-hybridized carbons (Fsp3) is 0.333. The predicted octanol–water partition coefficient (Wildman–Crippen LogP) is 4.86. The number of benzene rings is 1. The minimum Gasteiger partial charge on any atom is -0.497 e. The minimum absolute atomic E-state index is 0.00955. The van der Waals surface area contributed by atoms with Crippen molar-refractivity contribution in [2.45, 2.75) is 40.0 Å². The molecule has 0 aliphatic rings. The Balaban J connectivity index is 2.22. The fourth-order valence-corrected chi connectivity index (χ4v) is 3.28. The number of nitrogens with zero attached hydrogens (tertiary/aromatic N) is 3. The van der Waals surface area contributed by atoms with Crippen LogP contribution in [0, 0.1) is 13.8 Å². The Kier molecular flexibility index (Phi) is 4.38. The van der Waals surface area contributed by atoms with Crippen LogP contribution in [0.2, 0.25) is 0 Å². The number of rotatable bonds is 3. The molecule has 0 atom stereocenters. The molecule has 0 spiro atoms. The summed E-state index contributed by atoms with van der Waals surface area (Å²) in [5, 5.41) is 0. The van der Waals surface area contributed by atoms with Gasteiger partial charge in [-0.3, -0.25) is 9.55 Å². The Hall–Kier alpha value is -2.62. The summed E-state index contributed by atoms with van der Waals surface area (Å²) < 4.78 is 7.56. The van der Waals surface area contributed by atoms with Gasteiger partial charge < -0.3 is 4.74 Å². The van der Waals surface area contributed by atoms with E-state index in [0.29, 0.717) is 0 Å². The maximum atomic E-state index is 5.39. The fourth-order valence-electron chi connectivity index (χ4n) is 3.28. The summed E-state index contributed by atoms with van der Waals surface area (Å²) in [7, 11) is 1.70. The van der Waals surface area contributed by atoms with E-state index in [1.807, 2.05) is 30.9 Å². The van der Waals surface area contributed by atoms with E-state index in [1.165, 1.54) is 5.56 Å². The number of hydrogen-bond donors (Lipinski definition) is 0. The van der Waals surface area contributed by atoms with Crippen LogP contribution in [0.1, 0.15) is 37.5 Å². The summed E-state index contributed by atoms with van der Waals surface area (Å²) in [5.74, 6) is 1.81. The number of pyridine rings is 1. The molecule has 0 amide bonds. The van der Waals surface area contributed by atoms with Crippen LogP contribution in [0.5, 0.6) is 5.75 Å².